The van der Waals surface area contributed by atoms with Crippen LogP contribution in [-0.4, -0.2) is 16.8 Å². The quantitative estimate of drug-likeness (QED) is 0.652. The van der Waals surface area contributed by atoms with Gasteiger partial charge in [-0.05, 0) is 12.3 Å². The molecule has 0 aliphatic carbocycles. The molecule has 1 aliphatic rings. The second-order valence-electron chi connectivity index (χ2n) is 4.20. The summed E-state index contributed by atoms with van der Waals surface area (Å²) in [5, 5.41) is 0. The van der Waals surface area contributed by atoms with Crippen molar-refractivity contribution in [3.63, 3.8) is 0 Å². The van der Waals surface area contributed by atoms with Gasteiger partial charge >= 0.3 is 6.03 Å². The Labute approximate surface area is 83.3 Å². The second-order valence-corrected chi connectivity index (χ2v) is 5.16. The third-order valence-electron chi connectivity index (χ3n) is 2.02. The maximum Gasteiger partial charge on any atom is 0.319 e. The van der Waals surface area contributed by atoms with Gasteiger partial charge in [0.25, 0.3) is 0 Å². The van der Waals surface area contributed by atoms with E-state index in [1.54, 1.807) is 16.7 Å². The minimum absolute atomic E-state index is 0.110. The van der Waals surface area contributed by atoms with Gasteiger partial charge in [-0.1, -0.05) is 20.8 Å². The first kappa shape index (κ1) is 10.4. The lowest BCUT2D eigenvalue weighted by Gasteiger charge is -2.20. The van der Waals surface area contributed by atoms with Crippen molar-refractivity contribution < 1.29 is 4.79 Å². The fourth-order valence-electron chi connectivity index (χ4n) is 1.44. The molecule has 0 spiro atoms. The Morgan fingerprint density at radius 1 is 1.54 bits per heavy atom. The van der Waals surface area contributed by atoms with Gasteiger partial charge in [0.05, 0.1) is 5.88 Å². The lowest BCUT2D eigenvalue weighted by Crippen LogP contribution is -2.31. The van der Waals surface area contributed by atoms with E-state index in [0.29, 0.717) is 5.88 Å². The van der Waals surface area contributed by atoms with Crippen molar-refractivity contribution >= 4 is 17.8 Å². The van der Waals surface area contributed by atoms with Crippen molar-refractivity contribution in [2.75, 3.05) is 5.88 Å². The van der Waals surface area contributed by atoms with Gasteiger partial charge in [-0.2, -0.15) is 0 Å². The summed E-state index contributed by atoms with van der Waals surface area (Å²) in [6.07, 6.45) is 0. The molecule has 2 amide bonds. The van der Waals surface area contributed by atoms with Crippen LogP contribution in [-0.2, 0) is 0 Å². The van der Waals surface area contributed by atoms with E-state index in [1.165, 1.54) is 4.91 Å². The predicted molar refractivity (Wildman–Crippen MR) is 56.0 cm³/mol. The third-order valence-corrected chi connectivity index (χ3v) is 3.60. The Kier molecular flexibility index (Phi) is 2.61. The number of rotatable bonds is 0. The summed E-state index contributed by atoms with van der Waals surface area (Å²) in [5.74, 6) is 0.660. The Morgan fingerprint density at radius 3 is 2.31 bits per heavy atom. The van der Waals surface area contributed by atoms with Crippen LogP contribution in [0, 0.1) is 5.41 Å². The number of nitrogens with two attached hydrogens (primary N) is 1. The van der Waals surface area contributed by atoms with Gasteiger partial charge in [-0.25, -0.2) is 4.79 Å². The highest BCUT2D eigenvalue weighted by atomic mass is 32.2. The standard InChI is InChI=1S/C9H16N2OS/c1-6-7(9(2,3)4)13-5-11(6)8(10)12/h5H2,1-4H3,(H2,10,12). The topological polar surface area (TPSA) is 46.3 Å². The van der Waals surface area contributed by atoms with Crippen molar-refractivity contribution in [2.45, 2.75) is 27.7 Å². The number of amides is 2. The van der Waals surface area contributed by atoms with E-state index < -0.39 is 0 Å². The van der Waals surface area contributed by atoms with E-state index >= 15 is 0 Å². The fourth-order valence-corrected chi connectivity index (χ4v) is 2.77. The lowest BCUT2D eigenvalue weighted by atomic mass is 9.95. The molecule has 0 saturated heterocycles. The number of primary amides is 1. The molecule has 74 valence electrons. The minimum atomic E-state index is -0.357. The largest absolute Gasteiger partial charge is 0.351 e. The normalized spacial score (nSPS) is 18.3. The molecule has 0 radical (unpaired) electrons. The second kappa shape index (κ2) is 3.25. The number of nitrogens with zero attached hydrogens (tertiary/aromatic N) is 1. The number of allylic oxidation sites excluding steroid dienone is 2. The summed E-state index contributed by atoms with van der Waals surface area (Å²) in [6.45, 7) is 8.38. The summed E-state index contributed by atoms with van der Waals surface area (Å²) in [4.78, 5) is 13.9. The van der Waals surface area contributed by atoms with Gasteiger partial charge in [0.1, 0.15) is 0 Å². The van der Waals surface area contributed by atoms with Gasteiger partial charge in [-0.3, -0.25) is 4.90 Å². The highest BCUT2D eigenvalue weighted by Gasteiger charge is 2.30. The monoisotopic (exact) mass is 200 g/mol. The molecule has 0 bridgehead atoms. The van der Waals surface area contributed by atoms with Crippen LogP contribution in [0.4, 0.5) is 4.79 Å². The van der Waals surface area contributed by atoms with E-state index in [2.05, 4.69) is 20.8 Å². The van der Waals surface area contributed by atoms with Crippen LogP contribution in [0.25, 0.3) is 0 Å². The predicted octanol–water partition coefficient (Wildman–Crippen LogP) is 2.35. The van der Waals surface area contributed by atoms with Crippen LogP contribution in [0.3, 0.4) is 0 Å². The Bertz CT molecular complexity index is 265. The zero-order chi connectivity index (χ0) is 10.2. The molecule has 0 saturated carbocycles. The number of hydrogen-bond donors (Lipinski definition) is 1. The number of hydrogen-bond acceptors (Lipinski definition) is 2. The van der Waals surface area contributed by atoms with Crippen LogP contribution < -0.4 is 5.73 Å². The van der Waals surface area contributed by atoms with Crippen LogP contribution in [0.5, 0.6) is 0 Å². The molecule has 0 fully saturated rings. The molecule has 13 heavy (non-hydrogen) atoms. The molecule has 0 atom stereocenters. The van der Waals surface area contributed by atoms with Crippen molar-refractivity contribution in [2.24, 2.45) is 11.1 Å². The lowest BCUT2D eigenvalue weighted by molar-refractivity contribution is 0.227. The molecule has 0 aromatic heterocycles. The molecule has 3 nitrogen and oxygen atoms in total. The van der Waals surface area contributed by atoms with E-state index in [9.17, 15) is 4.79 Å². The SMILES string of the molecule is CC1=C(C(C)(C)C)SCN1C(N)=O. The first-order chi connectivity index (χ1) is 5.84. The van der Waals surface area contributed by atoms with Crippen molar-refractivity contribution in [1.82, 2.24) is 4.90 Å². The zero-order valence-corrected chi connectivity index (χ0v) is 9.36. The van der Waals surface area contributed by atoms with E-state index in [-0.39, 0.29) is 11.4 Å². The number of carbonyl (C=O) groups excluding carboxylic acids is 1. The van der Waals surface area contributed by atoms with Gasteiger partial charge in [0.2, 0.25) is 0 Å². The average molecular weight is 200 g/mol. The van der Waals surface area contributed by atoms with Crippen LogP contribution in [0.15, 0.2) is 10.6 Å². The molecular formula is C9H16N2OS. The van der Waals surface area contributed by atoms with Crippen LogP contribution >= 0.6 is 11.8 Å². The number of carbonyl (C=O) groups is 1. The Hall–Kier alpha value is -0.640. The fraction of sp³-hybridized carbons (Fsp3) is 0.667. The van der Waals surface area contributed by atoms with E-state index in [4.69, 9.17) is 5.73 Å². The first-order valence-corrected chi connectivity index (χ1v) is 5.23. The zero-order valence-electron chi connectivity index (χ0n) is 8.55. The van der Waals surface area contributed by atoms with E-state index in [0.717, 1.165) is 5.70 Å². The van der Waals surface area contributed by atoms with Gasteiger partial charge in [0, 0.05) is 10.6 Å². The molecule has 0 aromatic rings. The summed E-state index contributed by atoms with van der Waals surface area (Å²) in [7, 11) is 0. The molecular weight excluding hydrogens is 184 g/mol. The molecule has 1 aliphatic heterocycles. The van der Waals surface area contributed by atoms with Crippen molar-refractivity contribution in [3.05, 3.63) is 10.6 Å². The van der Waals surface area contributed by atoms with Crippen LogP contribution in [0.1, 0.15) is 27.7 Å². The number of thioether (sulfide) groups is 1. The van der Waals surface area contributed by atoms with Gasteiger partial charge in [0.15, 0.2) is 0 Å². The Morgan fingerprint density at radius 2 is 2.08 bits per heavy atom. The third kappa shape index (κ3) is 1.99. The Balaban J connectivity index is 2.95. The molecule has 0 unspecified atom stereocenters. The molecule has 0 aromatic carbocycles. The first-order valence-electron chi connectivity index (χ1n) is 4.25. The van der Waals surface area contributed by atoms with Gasteiger partial charge < -0.3 is 5.73 Å². The maximum absolute atomic E-state index is 11.0. The maximum atomic E-state index is 11.0. The summed E-state index contributed by atoms with van der Waals surface area (Å²) >= 11 is 1.70. The van der Waals surface area contributed by atoms with E-state index in [1.807, 2.05) is 6.92 Å². The van der Waals surface area contributed by atoms with Crippen LogP contribution in [0.2, 0.25) is 0 Å². The molecule has 1 rings (SSSR count). The smallest absolute Gasteiger partial charge is 0.319 e. The highest BCUT2D eigenvalue weighted by molar-refractivity contribution is 8.03. The molecule has 2 N–H and O–H groups in total. The summed E-state index contributed by atoms with van der Waals surface area (Å²) in [6, 6.07) is -0.357. The highest BCUT2D eigenvalue weighted by Crippen LogP contribution is 2.42. The summed E-state index contributed by atoms with van der Waals surface area (Å²) < 4.78 is 0. The van der Waals surface area contributed by atoms with Crippen molar-refractivity contribution in [1.29, 1.82) is 0 Å². The average Bonchev–Trinajstić information content (AvgIpc) is 2.28. The van der Waals surface area contributed by atoms with Crippen molar-refractivity contribution in [3.8, 4) is 0 Å². The number of urea groups is 1. The summed E-state index contributed by atoms with van der Waals surface area (Å²) in [5.41, 5.74) is 6.35. The molecule has 4 heteroatoms. The minimum Gasteiger partial charge on any atom is -0.351 e. The van der Waals surface area contributed by atoms with Gasteiger partial charge in [-0.15, -0.1) is 11.8 Å². The molecule has 1 heterocycles.